The van der Waals surface area contributed by atoms with E-state index in [2.05, 4.69) is 29.2 Å². The SMILES string of the molecule is CN(CCC(=O)c1cccc(Cl)c1)CCc1ccccc1. The van der Waals surface area contributed by atoms with Crippen molar-refractivity contribution in [1.29, 1.82) is 0 Å². The second kappa shape index (κ2) is 7.96. The highest BCUT2D eigenvalue weighted by molar-refractivity contribution is 6.31. The van der Waals surface area contributed by atoms with Gasteiger partial charge in [0.25, 0.3) is 0 Å². The van der Waals surface area contributed by atoms with Crippen LogP contribution in [0.15, 0.2) is 54.6 Å². The Bertz CT molecular complexity index is 583. The van der Waals surface area contributed by atoms with Gasteiger partial charge in [-0.1, -0.05) is 54.1 Å². The van der Waals surface area contributed by atoms with Gasteiger partial charge in [0.05, 0.1) is 0 Å². The number of carbonyl (C=O) groups is 1. The van der Waals surface area contributed by atoms with Crippen molar-refractivity contribution < 1.29 is 4.79 Å². The van der Waals surface area contributed by atoms with E-state index in [1.807, 2.05) is 25.2 Å². The lowest BCUT2D eigenvalue weighted by molar-refractivity contribution is 0.0969. The van der Waals surface area contributed by atoms with Crippen molar-refractivity contribution in [2.24, 2.45) is 0 Å². The molecule has 2 nitrogen and oxygen atoms in total. The summed E-state index contributed by atoms with van der Waals surface area (Å²) < 4.78 is 0. The number of nitrogens with zero attached hydrogens (tertiary/aromatic N) is 1. The summed E-state index contributed by atoms with van der Waals surface area (Å²) in [7, 11) is 2.05. The summed E-state index contributed by atoms with van der Waals surface area (Å²) in [5, 5.41) is 0.610. The van der Waals surface area contributed by atoms with Gasteiger partial charge in [-0.15, -0.1) is 0 Å². The van der Waals surface area contributed by atoms with Crippen LogP contribution in [-0.4, -0.2) is 30.8 Å². The number of rotatable bonds is 7. The van der Waals surface area contributed by atoms with Crippen LogP contribution < -0.4 is 0 Å². The van der Waals surface area contributed by atoms with E-state index in [0.717, 1.165) is 19.5 Å². The van der Waals surface area contributed by atoms with Gasteiger partial charge < -0.3 is 4.90 Å². The van der Waals surface area contributed by atoms with Gasteiger partial charge in [0.15, 0.2) is 5.78 Å². The van der Waals surface area contributed by atoms with Crippen LogP contribution in [0.3, 0.4) is 0 Å². The number of benzene rings is 2. The summed E-state index contributed by atoms with van der Waals surface area (Å²) in [6.07, 6.45) is 1.52. The molecule has 2 aromatic rings. The molecular formula is C18H20ClNO. The molecule has 0 amide bonds. The molecule has 0 aliphatic rings. The van der Waals surface area contributed by atoms with E-state index in [9.17, 15) is 4.79 Å². The zero-order valence-electron chi connectivity index (χ0n) is 12.3. The molecule has 0 spiro atoms. The fourth-order valence-electron chi connectivity index (χ4n) is 2.18. The van der Waals surface area contributed by atoms with E-state index >= 15 is 0 Å². The van der Waals surface area contributed by atoms with Gasteiger partial charge in [-0.2, -0.15) is 0 Å². The number of hydrogen-bond acceptors (Lipinski definition) is 2. The van der Waals surface area contributed by atoms with Crippen molar-refractivity contribution in [3.63, 3.8) is 0 Å². The Morgan fingerprint density at radius 3 is 2.52 bits per heavy atom. The second-order valence-corrected chi connectivity index (χ2v) is 5.66. The Kier molecular flexibility index (Phi) is 5.97. The fourth-order valence-corrected chi connectivity index (χ4v) is 2.37. The van der Waals surface area contributed by atoms with E-state index in [1.165, 1.54) is 5.56 Å². The summed E-state index contributed by atoms with van der Waals surface area (Å²) >= 11 is 5.91. The smallest absolute Gasteiger partial charge is 0.164 e. The molecule has 0 heterocycles. The van der Waals surface area contributed by atoms with E-state index in [4.69, 9.17) is 11.6 Å². The van der Waals surface area contributed by atoms with Crippen molar-refractivity contribution in [3.8, 4) is 0 Å². The number of halogens is 1. The third-order valence-corrected chi connectivity index (χ3v) is 3.73. The van der Waals surface area contributed by atoms with Crippen LogP contribution in [0.1, 0.15) is 22.3 Å². The average molecular weight is 302 g/mol. The first-order valence-corrected chi connectivity index (χ1v) is 7.54. The van der Waals surface area contributed by atoms with Crippen LogP contribution >= 0.6 is 11.6 Å². The number of carbonyl (C=O) groups excluding carboxylic acids is 1. The first-order valence-electron chi connectivity index (χ1n) is 7.16. The Hall–Kier alpha value is -1.64. The summed E-state index contributed by atoms with van der Waals surface area (Å²) in [6, 6.07) is 17.5. The molecule has 0 aliphatic heterocycles. The van der Waals surface area contributed by atoms with Crippen LogP contribution in [0.25, 0.3) is 0 Å². The topological polar surface area (TPSA) is 20.3 Å². The molecule has 110 valence electrons. The monoisotopic (exact) mass is 301 g/mol. The van der Waals surface area contributed by atoms with Crippen LogP contribution in [0, 0.1) is 0 Å². The number of ketones is 1. The second-order valence-electron chi connectivity index (χ2n) is 5.22. The molecule has 0 radical (unpaired) electrons. The molecule has 0 fully saturated rings. The molecule has 0 aromatic heterocycles. The van der Waals surface area contributed by atoms with Crippen molar-refractivity contribution in [2.45, 2.75) is 12.8 Å². The van der Waals surface area contributed by atoms with Crippen molar-refractivity contribution in [1.82, 2.24) is 4.90 Å². The van der Waals surface area contributed by atoms with Gasteiger partial charge >= 0.3 is 0 Å². The van der Waals surface area contributed by atoms with Gasteiger partial charge in [0.2, 0.25) is 0 Å². The van der Waals surface area contributed by atoms with Gasteiger partial charge in [0.1, 0.15) is 0 Å². The van der Waals surface area contributed by atoms with Gasteiger partial charge in [-0.3, -0.25) is 4.79 Å². The Morgan fingerprint density at radius 1 is 1.05 bits per heavy atom. The molecule has 0 aliphatic carbocycles. The summed E-state index contributed by atoms with van der Waals surface area (Å²) in [4.78, 5) is 14.3. The predicted octanol–water partition coefficient (Wildman–Crippen LogP) is 4.09. The molecule has 0 N–H and O–H groups in total. The first-order chi connectivity index (χ1) is 10.1. The molecule has 0 atom stereocenters. The molecular weight excluding hydrogens is 282 g/mol. The molecule has 0 saturated carbocycles. The zero-order chi connectivity index (χ0) is 15.1. The highest BCUT2D eigenvalue weighted by Crippen LogP contribution is 2.12. The van der Waals surface area contributed by atoms with Crippen LogP contribution in [-0.2, 0) is 6.42 Å². The molecule has 0 bridgehead atoms. The van der Waals surface area contributed by atoms with E-state index in [0.29, 0.717) is 17.0 Å². The number of Topliss-reactive ketones (excluding diaryl/α,β-unsaturated/α-hetero) is 1. The summed E-state index contributed by atoms with van der Waals surface area (Å²) in [5.74, 6) is 0.143. The minimum absolute atomic E-state index is 0.143. The van der Waals surface area contributed by atoms with Gasteiger partial charge in [-0.25, -0.2) is 0 Å². The highest BCUT2D eigenvalue weighted by Gasteiger charge is 2.08. The standard InChI is InChI=1S/C18H20ClNO/c1-20(12-10-15-6-3-2-4-7-15)13-11-18(21)16-8-5-9-17(19)14-16/h2-9,14H,10-13H2,1H3. The van der Waals surface area contributed by atoms with Crippen molar-refractivity contribution in [2.75, 3.05) is 20.1 Å². The molecule has 0 saturated heterocycles. The predicted molar refractivity (Wildman–Crippen MR) is 88.0 cm³/mol. The van der Waals surface area contributed by atoms with Gasteiger partial charge in [-0.05, 0) is 31.2 Å². The third kappa shape index (κ3) is 5.33. The Labute approximate surface area is 131 Å². The van der Waals surface area contributed by atoms with E-state index in [1.54, 1.807) is 12.1 Å². The van der Waals surface area contributed by atoms with Crippen LogP contribution in [0.2, 0.25) is 5.02 Å². The normalized spacial score (nSPS) is 10.8. The number of likely N-dealkylation sites (N-methyl/N-ethyl adjacent to an activating group) is 1. The lowest BCUT2D eigenvalue weighted by Crippen LogP contribution is -2.24. The highest BCUT2D eigenvalue weighted by atomic mass is 35.5. The quantitative estimate of drug-likeness (QED) is 0.718. The first kappa shape index (κ1) is 15.7. The molecule has 0 unspecified atom stereocenters. The molecule has 3 heteroatoms. The Balaban J connectivity index is 1.76. The summed E-state index contributed by atoms with van der Waals surface area (Å²) in [6.45, 7) is 1.71. The van der Waals surface area contributed by atoms with Crippen molar-refractivity contribution in [3.05, 3.63) is 70.7 Å². The average Bonchev–Trinajstić information content (AvgIpc) is 2.51. The lowest BCUT2D eigenvalue weighted by atomic mass is 10.1. The van der Waals surface area contributed by atoms with E-state index in [-0.39, 0.29) is 5.78 Å². The minimum atomic E-state index is 0.143. The maximum Gasteiger partial charge on any atom is 0.164 e. The van der Waals surface area contributed by atoms with E-state index < -0.39 is 0 Å². The maximum absolute atomic E-state index is 12.1. The zero-order valence-corrected chi connectivity index (χ0v) is 13.0. The molecule has 2 aromatic carbocycles. The van der Waals surface area contributed by atoms with Crippen molar-refractivity contribution >= 4 is 17.4 Å². The van der Waals surface area contributed by atoms with Crippen LogP contribution in [0.5, 0.6) is 0 Å². The Morgan fingerprint density at radius 2 is 1.81 bits per heavy atom. The largest absolute Gasteiger partial charge is 0.306 e. The summed E-state index contributed by atoms with van der Waals surface area (Å²) in [5.41, 5.74) is 2.02. The minimum Gasteiger partial charge on any atom is -0.306 e. The third-order valence-electron chi connectivity index (χ3n) is 3.49. The lowest BCUT2D eigenvalue weighted by Gasteiger charge is -2.16. The number of hydrogen-bond donors (Lipinski definition) is 0. The fraction of sp³-hybridized carbons (Fsp3) is 0.278. The maximum atomic E-state index is 12.1. The molecule has 21 heavy (non-hydrogen) atoms. The van der Waals surface area contributed by atoms with Crippen LogP contribution in [0.4, 0.5) is 0 Å². The van der Waals surface area contributed by atoms with Gasteiger partial charge in [0, 0.05) is 30.1 Å². The molecule has 2 rings (SSSR count).